The number of carbonyl (C=O) groups excluding carboxylic acids is 1. The predicted octanol–water partition coefficient (Wildman–Crippen LogP) is 2.18. The van der Waals surface area contributed by atoms with Crippen LogP contribution in [0.4, 0.5) is 5.00 Å². The van der Waals surface area contributed by atoms with E-state index in [1.54, 1.807) is 21.1 Å². The molecule has 0 unspecified atom stereocenters. The molecule has 0 bridgehead atoms. The Morgan fingerprint density at radius 1 is 1.03 bits per heavy atom. The highest BCUT2D eigenvalue weighted by Crippen LogP contribution is 2.39. The third kappa shape index (κ3) is 4.31. The summed E-state index contributed by atoms with van der Waals surface area (Å²) in [7, 11) is 2.28. The molecule has 0 aliphatic carbocycles. The topological polar surface area (TPSA) is 38.0 Å². The van der Waals surface area contributed by atoms with Crippen LogP contribution in [-0.4, -0.2) is 39.1 Å². The molecule has 0 saturated carbocycles. The number of nitrogens with one attached hydrogen (secondary N) is 3. The van der Waals surface area contributed by atoms with Gasteiger partial charge in [0.25, 0.3) is 5.91 Å². The zero-order valence-corrected chi connectivity index (χ0v) is 18.9. The fourth-order valence-electron chi connectivity index (χ4n) is 4.14. The number of benzene rings is 1. The Balaban J connectivity index is 1.72. The standard InChI is InChI=1S/C23H27N3OS2/c1-16-17(2)29-23(24-22(27)18-8-5-4-6-9-18)20(16)21(19-10-7-15-28-19)26-13-11-25(3)12-14-26/h4-10,15,21H,11-14H2,1-3H3,(H,24,27)/p+2/t21-/m1/s1. The highest BCUT2D eigenvalue weighted by molar-refractivity contribution is 7.16. The number of rotatable bonds is 5. The van der Waals surface area contributed by atoms with Crippen molar-refractivity contribution in [3.05, 3.63) is 74.3 Å². The molecule has 2 aromatic heterocycles. The summed E-state index contributed by atoms with van der Waals surface area (Å²) in [6, 6.07) is 14.2. The number of amides is 1. The summed E-state index contributed by atoms with van der Waals surface area (Å²) in [6.07, 6.45) is 0. The second kappa shape index (κ2) is 8.79. The van der Waals surface area contributed by atoms with Crippen LogP contribution >= 0.6 is 22.7 Å². The van der Waals surface area contributed by atoms with Gasteiger partial charge in [0, 0.05) is 10.4 Å². The van der Waals surface area contributed by atoms with E-state index < -0.39 is 0 Å². The fourth-order valence-corrected chi connectivity index (χ4v) is 6.13. The van der Waals surface area contributed by atoms with Gasteiger partial charge in [0.15, 0.2) is 6.04 Å². The number of likely N-dealkylation sites (N-methyl/N-ethyl adjacent to an activating group) is 1. The van der Waals surface area contributed by atoms with Gasteiger partial charge in [0.05, 0.1) is 17.5 Å². The Bertz CT molecular complexity index is 958. The van der Waals surface area contributed by atoms with Crippen molar-refractivity contribution < 1.29 is 14.6 Å². The summed E-state index contributed by atoms with van der Waals surface area (Å²) < 4.78 is 0. The van der Waals surface area contributed by atoms with Crippen molar-refractivity contribution in [2.45, 2.75) is 19.9 Å². The maximum atomic E-state index is 12.9. The summed E-state index contributed by atoms with van der Waals surface area (Å²) >= 11 is 3.53. The molecule has 0 radical (unpaired) electrons. The Morgan fingerprint density at radius 3 is 2.41 bits per heavy atom. The van der Waals surface area contributed by atoms with Crippen molar-refractivity contribution >= 4 is 33.6 Å². The molecule has 3 heterocycles. The molecule has 1 fully saturated rings. The summed E-state index contributed by atoms with van der Waals surface area (Å²) in [5.74, 6) is -0.0316. The van der Waals surface area contributed by atoms with E-state index in [-0.39, 0.29) is 11.9 Å². The molecule has 1 atom stereocenters. The lowest BCUT2D eigenvalue weighted by atomic mass is 9.99. The molecule has 29 heavy (non-hydrogen) atoms. The van der Waals surface area contributed by atoms with E-state index in [0.717, 1.165) is 18.1 Å². The minimum Gasteiger partial charge on any atom is -0.328 e. The van der Waals surface area contributed by atoms with Gasteiger partial charge in [-0.2, -0.15) is 0 Å². The summed E-state index contributed by atoms with van der Waals surface area (Å²) in [5, 5.41) is 6.42. The third-order valence-corrected chi connectivity index (χ3v) is 8.04. The van der Waals surface area contributed by atoms with Crippen LogP contribution in [0.5, 0.6) is 0 Å². The molecule has 0 spiro atoms. The second-order valence-corrected chi connectivity index (χ2v) is 10.1. The first-order valence-electron chi connectivity index (χ1n) is 10.2. The second-order valence-electron chi connectivity index (χ2n) is 7.91. The molecule has 1 aromatic carbocycles. The summed E-state index contributed by atoms with van der Waals surface area (Å²) in [5.41, 5.74) is 3.31. The van der Waals surface area contributed by atoms with Crippen molar-refractivity contribution in [1.29, 1.82) is 0 Å². The van der Waals surface area contributed by atoms with E-state index in [2.05, 4.69) is 43.7 Å². The van der Waals surface area contributed by atoms with Gasteiger partial charge >= 0.3 is 0 Å². The van der Waals surface area contributed by atoms with Crippen LogP contribution in [0.2, 0.25) is 0 Å². The van der Waals surface area contributed by atoms with Crippen LogP contribution in [0.1, 0.15) is 37.3 Å². The first kappa shape index (κ1) is 20.3. The molecule has 1 saturated heterocycles. The summed E-state index contributed by atoms with van der Waals surface area (Å²) in [4.78, 5) is 18.8. The van der Waals surface area contributed by atoms with Crippen molar-refractivity contribution in [1.82, 2.24) is 0 Å². The molecule has 4 nitrogen and oxygen atoms in total. The smallest absolute Gasteiger partial charge is 0.256 e. The molecule has 6 heteroatoms. The molecule has 1 aliphatic rings. The van der Waals surface area contributed by atoms with E-state index in [1.165, 1.54) is 34.0 Å². The lowest BCUT2D eigenvalue weighted by Crippen LogP contribution is -3.27. The normalized spacial score (nSPS) is 20.4. The van der Waals surface area contributed by atoms with Crippen molar-refractivity contribution in [2.75, 3.05) is 38.5 Å². The molecule has 1 aliphatic heterocycles. The van der Waals surface area contributed by atoms with Gasteiger partial charge in [-0.05, 0) is 43.0 Å². The average molecular weight is 428 g/mol. The van der Waals surface area contributed by atoms with Gasteiger partial charge in [-0.25, -0.2) is 0 Å². The van der Waals surface area contributed by atoms with Crippen molar-refractivity contribution in [3.63, 3.8) is 0 Å². The number of piperazine rings is 1. The Labute approximate surface area is 180 Å². The number of aryl methyl sites for hydroxylation is 1. The van der Waals surface area contributed by atoms with Crippen LogP contribution in [0, 0.1) is 13.8 Å². The molecule has 3 N–H and O–H groups in total. The first-order chi connectivity index (χ1) is 14.0. The van der Waals surface area contributed by atoms with E-state index in [1.807, 2.05) is 41.7 Å². The number of hydrogen-bond acceptors (Lipinski definition) is 3. The quantitative estimate of drug-likeness (QED) is 0.574. The molecule has 152 valence electrons. The van der Waals surface area contributed by atoms with Gasteiger partial charge in [-0.3, -0.25) is 4.79 Å². The number of thiophene rings is 2. The average Bonchev–Trinajstić information content (AvgIpc) is 3.35. The monoisotopic (exact) mass is 427 g/mol. The van der Waals surface area contributed by atoms with Gasteiger partial charge in [0.1, 0.15) is 31.2 Å². The zero-order chi connectivity index (χ0) is 20.4. The van der Waals surface area contributed by atoms with Crippen molar-refractivity contribution in [3.8, 4) is 0 Å². The Morgan fingerprint density at radius 2 is 1.76 bits per heavy atom. The predicted molar refractivity (Wildman–Crippen MR) is 122 cm³/mol. The number of anilines is 1. The maximum Gasteiger partial charge on any atom is 0.256 e. The van der Waals surface area contributed by atoms with E-state index >= 15 is 0 Å². The van der Waals surface area contributed by atoms with E-state index in [4.69, 9.17) is 0 Å². The maximum absolute atomic E-state index is 12.9. The zero-order valence-electron chi connectivity index (χ0n) is 17.2. The van der Waals surface area contributed by atoms with Crippen LogP contribution < -0.4 is 15.1 Å². The van der Waals surface area contributed by atoms with Gasteiger partial charge in [0.2, 0.25) is 0 Å². The van der Waals surface area contributed by atoms with Crippen molar-refractivity contribution in [2.24, 2.45) is 0 Å². The molecular formula is C23H29N3OS2+2. The SMILES string of the molecule is Cc1sc(NC(=O)c2ccccc2)c([C@@H](c2cccs2)[NH+]2CC[NH+](C)CC2)c1C. The third-order valence-electron chi connectivity index (χ3n) is 5.97. The largest absolute Gasteiger partial charge is 0.328 e. The highest BCUT2D eigenvalue weighted by atomic mass is 32.1. The lowest BCUT2D eigenvalue weighted by Gasteiger charge is -2.33. The Hall–Kier alpha value is -1.99. The molecule has 3 aromatic rings. The summed E-state index contributed by atoms with van der Waals surface area (Å²) in [6.45, 7) is 9.04. The minimum atomic E-state index is -0.0316. The molecular weight excluding hydrogens is 398 g/mol. The minimum absolute atomic E-state index is 0.0316. The van der Waals surface area contributed by atoms with Crippen LogP contribution in [0.3, 0.4) is 0 Å². The van der Waals surface area contributed by atoms with E-state index in [0.29, 0.717) is 5.56 Å². The molecule has 4 rings (SSSR count). The number of quaternary nitrogens is 2. The van der Waals surface area contributed by atoms with Gasteiger partial charge in [-0.15, -0.1) is 22.7 Å². The van der Waals surface area contributed by atoms with Gasteiger partial charge in [-0.1, -0.05) is 24.3 Å². The van der Waals surface area contributed by atoms with E-state index in [9.17, 15) is 4.79 Å². The fraction of sp³-hybridized carbons (Fsp3) is 0.348. The molecule has 1 amide bonds. The highest BCUT2D eigenvalue weighted by Gasteiger charge is 2.35. The number of carbonyl (C=O) groups is 1. The Kier molecular flexibility index (Phi) is 6.15. The van der Waals surface area contributed by atoms with Crippen LogP contribution in [-0.2, 0) is 0 Å². The van der Waals surface area contributed by atoms with Crippen LogP contribution in [0.25, 0.3) is 0 Å². The van der Waals surface area contributed by atoms with Gasteiger partial charge < -0.3 is 15.1 Å². The number of hydrogen-bond donors (Lipinski definition) is 3. The lowest BCUT2D eigenvalue weighted by molar-refractivity contribution is -1.02. The van der Waals surface area contributed by atoms with Crippen LogP contribution in [0.15, 0.2) is 47.8 Å². The first-order valence-corrected chi connectivity index (χ1v) is 11.9.